The molecule has 4 aromatic rings. The fourth-order valence-electron chi connectivity index (χ4n) is 2.34. The second-order valence-corrected chi connectivity index (χ2v) is 4.68. The van der Waals surface area contributed by atoms with Crippen molar-refractivity contribution in [3.63, 3.8) is 0 Å². The average Bonchev–Trinajstić information content (AvgIpc) is 3.17. The van der Waals surface area contributed by atoms with Gasteiger partial charge in [0.25, 0.3) is 0 Å². The topological polar surface area (TPSA) is 54.7 Å². The van der Waals surface area contributed by atoms with Crippen molar-refractivity contribution in [3.8, 4) is 22.5 Å². The molecule has 4 nitrogen and oxygen atoms in total. The molecule has 0 amide bonds. The maximum atomic E-state index is 14.0. The summed E-state index contributed by atoms with van der Waals surface area (Å²) >= 11 is 0. The van der Waals surface area contributed by atoms with Crippen LogP contribution in [0.2, 0.25) is 0 Å². The van der Waals surface area contributed by atoms with E-state index in [-0.39, 0.29) is 5.82 Å². The molecule has 0 aliphatic carbocycles. The molecule has 21 heavy (non-hydrogen) atoms. The number of aromatic nitrogens is 3. The number of nitrogens with zero attached hydrogens (tertiary/aromatic N) is 2. The van der Waals surface area contributed by atoms with Crippen LogP contribution in [-0.2, 0) is 0 Å². The molecule has 102 valence electrons. The first-order valence-corrected chi connectivity index (χ1v) is 6.44. The van der Waals surface area contributed by atoms with Crippen LogP contribution >= 0.6 is 0 Å². The summed E-state index contributed by atoms with van der Waals surface area (Å²) in [5, 5.41) is 7.93. The van der Waals surface area contributed by atoms with Gasteiger partial charge >= 0.3 is 0 Å². The molecule has 3 aromatic heterocycles. The minimum absolute atomic E-state index is 0.299. The van der Waals surface area contributed by atoms with Crippen molar-refractivity contribution in [2.45, 2.75) is 0 Å². The summed E-state index contributed by atoms with van der Waals surface area (Å²) in [6.07, 6.45) is 4.90. The van der Waals surface area contributed by atoms with Gasteiger partial charge in [0.1, 0.15) is 11.5 Å². The van der Waals surface area contributed by atoms with Crippen LogP contribution in [0.4, 0.5) is 4.39 Å². The van der Waals surface area contributed by atoms with Gasteiger partial charge in [-0.15, -0.1) is 0 Å². The molecule has 0 spiro atoms. The number of halogens is 1. The van der Waals surface area contributed by atoms with Crippen LogP contribution in [0.1, 0.15) is 0 Å². The Kier molecular flexibility index (Phi) is 2.57. The van der Waals surface area contributed by atoms with E-state index >= 15 is 0 Å². The van der Waals surface area contributed by atoms with E-state index in [1.165, 1.54) is 6.07 Å². The Morgan fingerprint density at radius 1 is 1.14 bits per heavy atom. The van der Waals surface area contributed by atoms with Crippen LogP contribution in [0, 0.1) is 5.82 Å². The molecule has 0 aliphatic rings. The fraction of sp³-hybridized carbons (Fsp3) is 0. The van der Waals surface area contributed by atoms with Gasteiger partial charge in [0.05, 0.1) is 29.9 Å². The lowest BCUT2D eigenvalue weighted by atomic mass is 10.1. The van der Waals surface area contributed by atoms with Crippen molar-refractivity contribution in [2.24, 2.45) is 0 Å². The highest BCUT2D eigenvalue weighted by molar-refractivity contribution is 5.94. The average molecular weight is 279 g/mol. The summed E-state index contributed by atoms with van der Waals surface area (Å²) in [5.41, 5.74) is 3.44. The molecule has 0 saturated heterocycles. The molecule has 4 rings (SSSR count). The van der Waals surface area contributed by atoms with Gasteiger partial charge in [-0.2, -0.15) is 5.10 Å². The van der Waals surface area contributed by atoms with Crippen molar-refractivity contribution in [1.29, 1.82) is 0 Å². The number of H-pyrrole nitrogens is 1. The smallest absolute Gasteiger partial charge is 0.132 e. The highest BCUT2D eigenvalue weighted by atomic mass is 19.1. The third-order valence-corrected chi connectivity index (χ3v) is 3.39. The standard InChI is InChI=1S/C16H10FN3O/c17-13-4-2-1-3-11(13)16-12-7-14(10-5-6-21-9-10)18-8-15(12)19-20-16/h1-9H,(H,19,20). The molecule has 0 unspecified atom stereocenters. The van der Waals surface area contributed by atoms with Crippen LogP contribution in [-0.4, -0.2) is 15.2 Å². The highest BCUT2D eigenvalue weighted by Crippen LogP contribution is 2.30. The largest absolute Gasteiger partial charge is 0.472 e. The van der Waals surface area contributed by atoms with Crippen molar-refractivity contribution < 1.29 is 8.81 Å². The molecular weight excluding hydrogens is 269 g/mol. The number of furan rings is 1. The summed E-state index contributed by atoms with van der Waals surface area (Å²) < 4.78 is 19.0. The number of rotatable bonds is 2. The van der Waals surface area contributed by atoms with Crippen molar-refractivity contribution >= 4 is 10.9 Å². The van der Waals surface area contributed by atoms with Gasteiger partial charge in [0.2, 0.25) is 0 Å². The molecule has 0 fully saturated rings. The summed E-state index contributed by atoms with van der Waals surface area (Å²) in [6, 6.07) is 10.3. The first-order chi connectivity index (χ1) is 10.3. The summed E-state index contributed by atoms with van der Waals surface area (Å²) in [6.45, 7) is 0. The predicted octanol–water partition coefficient (Wildman–Crippen LogP) is 4.02. The Hall–Kier alpha value is -2.95. The SMILES string of the molecule is Fc1ccccc1-c1n[nH]c2cnc(-c3ccoc3)cc12. The van der Waals surface area contributed by atoms with Gasteiger partial charge in [0, 0.05) is 16.5 Å². The molecule has 0 radical (unpaired) electrons. The quantitative estimate of drug-likeness (QED) is 0.603. The maximum absolute atomic E-state index is 14.0. The summed E-state index contributed by atoms with van der Waals surface area (Å²) in [5.74, 6) is -0.299. The molecule has 5 heteroatoms. The molecule has 0 saturated carbocycles. The first-order valence-electron chi connectivity index (χ1n) is 6.44. The van der Waals surface area contributed by atoms with Gasteiger partial charge in [-0.1, -0.05) is 12.1 Å². The number of nitrogens with one attached hydrogen (secondary N) is 1. The van der Waals surface area contributed by atoms with Gasteiger partial charge in [0.15, 0.2) is 0 Å². The lowest BCUT2D eigenvalue weighted by Crippen LogP contribution is -1.85. The van der Waals surface area contributed by atoms with E-state index in [0.717, 1.165) is 22.2 Å². The fourth-order valence-corrected chi connectivity index (χ4v) is 2.34. The van der Waals surface area contributed by atoms with Crippen molar-refractivity contribution in [2.75, 3.05) is 0 Å². The van der Waals surface area contributed by atoms with Crippen molar-refractivity contribution in [1.82, 2.24) is 15.2 Å². The van der Waals surface area contributed by atoms with E-state index in [0.29, 0.717) is 11.3 Å². The zero-order valence-corrected chi connectivity index (χ0v) is 10.9. The Labute approximate surface area is 119 Å². The third kappa shape index (κ3) is 1.90. The maximum Gasteiger partial charge on any atom is 0.132 e. The van der Waals surface area contributed by atoms with E-state index in [2.05, 4.69) is 15.2 Å². The second kappa shape index (κ2) is 4.56. The Bertz CT molecular complexity index is 912. The normalized spacial score (nSPS) is 11.1. The minimum Gasteiger partial charge on any atom is -0.472 e. The summed E-state index contributed by atoms with van der Waals surface area (Å²) in [4.78, 5) is 4.35. The molecule has 3 heterocycles. The molecule has 0 atom stereocenters. The number of hydrogen-bond acceptors (Lipinski definition) is 3. The van der Waals surface area contributed by atoms with Crippen LogP contribution in [0.5, 0.6) is 0 Å². The van der Waals surface area contributed by atoms with Crippen LogP contribution < -0.4 is 0 Å². The lowest BCUT2D eigenvalue weighted by molar-refractivity contribution is 0.568. The number of fused-ring (bicyclic) bond motifs is 1. The zero-order valence-electron chi connectivity index (χ0n) is 10.9. The first kappa shape index (κ1) is 11.8. The van der Waals surface area contributed by atoms with E-state index in [9.17, 15) is 4.39 Å². The Morgan fingerprint density at radius 2 is 2.05 bits per heavy atom. The highest BCUT2D eigenvalue weighted by Gasteiger charge is 2.13. The van der Waals surface area contributed by atoms with E-state index in [4.69, 9.17) is 4.42 Å². The molecule has 0 bridgehead atoms. The third-order valence-electron chi connectivity index (χ3n) is 3.39. The van der Waals surface area contributed by atoms with Gasteiger partial charge in [-0.25, -0.2) is 4.39 Å². The molecule has 1 N–H and O–H groups in total. The van der Waals surface area contributed by atoms with Crippen LogP contribution in [0.15, 0.2) is 59.5 Å². The Morgan fingerprint density at radius 3 is 2.86 bits per heavy atom. The molecular formula is C16H10FN3O. The second-order valence-electron chi connectivity index (χ2n) is 4.68. The predicted molar refractivity (Wildman–Crippen MR) is 77.0 cm³/mol. The zero-order chi connectivity index (χ0) is 14.2. The van der Waals surface area contributed by atoms with Gasteiger partial charge in [-0.05, 0) is 24.3 Å². The minimum atomic E-state index is -0.299. The van der Waals surface area contributed by atoms with E-state index < -0.39 is 0 Å². The van der Waals surface area contributed by atoms with Crippen LogP contribution in [0.25, 0.3) is 33.4 Å². The number of aromatic amines is 1. The Balaban J connectivity index is 1.95. The monoisotopic (exact) mass is 279 g/mol. The van der Waals surface area contributed by atoms with Crippen LogP contribution in [0.3, 0.4) is 0 Å². The number of benzene rings is 1. The van der Waals surface area contributed by atoms with Gasteiger partial charge < -0.3 is 4.42 Å². The van der Waals surface area contributed by atoms with Crippen molar-refractivity contribution in [3.05, 3.63) is 60.9 Å². The van der Waals surface area contributed by atoms with E-state index in [1.807, 2.05) is 12.1 Å². The number of hydrogen-bond donors (Lipinski definition) is 1. The molecule has 0 aliphatic heterocycles. The van der Waals surface area contributed by atoms with Gasteiger partial charge in [-0.3, -0.25) is 10.1 Å². The summed E-state index contributed by atoms with van der Waals surface area (Å²) in [7, 11) is 0. The lowest BCUT2D eigenvalue weighted by Gasteiger charge is -2.01. The molecule has 1 aromatic carbocycles. The number of pyridine rings is 1. The van der Waals surface area contributed by atoms with E-state index in [1.54, 1.807) is 36.9 Å².